The third kappa shape index (κ3) is 6.66. The number of pyridine rings is 1. The van der Waals surface area contributed by atoms with Crippen LogP contribution in [0.3, 0.4) is 0 Å². The molecule has 6 rings (SSSR count). The van der Waals surface area contributed by atoms with E-state index in [1.165, 1.54) is 13.2 Å². The molecule has 6 nitrogen and oxygen atoms in total. The van der Waals surface area contributed by atoms with E-state index < -0.39 is 11.6 Å². The van der Waals surface area contributed by atoms with E-state index in [-0.39, 0.29) is 48.0 Å². The molecule has 0 saturated carbocycles. The largest absolute Gasteiger partial charge is 0.492 e. The molecule has 1 fully saturated rings. The monoisotopic (exact) mass is 594 g/mol. The van der Waals surface area contributed by atoms with Crippen molar-refractivity contribution >= 4 is 5.69 Å². The van der Waals surface area contributed by atoms with E-state index in [1.807, 2.05) is 95.9 Å². The summed E-state index contributed by atoms with van der Waals surface area (Å²) in [6.07, 6.45) is -0.0590. The highest BCUT2D eigenvalue weighted by atomic mass is 19.1. The summed E-state index contributed by atoms with van der Waals surface area (Å²) in [5.74, 6) is -1.32. The zero-order valence-corrected chi connectivity index (χ0v) is 24.3. The van der Waals surface area contributed by atoms with Gasteiger partial charge in [-0.15, -0.1) is 0 Å². The highest BCUT2D eigenvalue weighted by Crippen LogP contribution is 2.43. The molecule has 224 valence electrons. The van der Waals surface area contributed by atoms with Crippen molar-refractivity contribution in [1.82, 2.24) is 4.98 Å². The second-order valence-corrected chi connectivity index (χ2v) is 10.5. The van der Waals surface area contributed by atoms with Gasteiger partial charge >= 0.3 is 0 Å². The van der Waals surface area contributed by atoms with Crippen LogP contribution in [-0.2, 0) is 24.6 Å². The first-order valence-corrected chi connectivity index (χ1v) is 14.4. The second-order valence-electron chi connectivity index (χ2n) is 10.5. The molecule has 1 saturated heterocycles. The van der Waals surface area contributed by atoms with Gasteiger partial charge in [-0.05, 0) is 22.8 Å². The molecule has 0 spiro atoms. The molecule has 0 radical (unpaired) electrons. The van der Waals surface area contributed by atoms with Gasteiger partial charge in [-0.1, -0.05) is 91.0 Å². The molecule has 0 aliphatic carbocycles. The molecule has 2 heterocycles. The van der Waals surface area contributed by atoms with E-state index in [4.69, 9.17) is 18.9 Å². The maximum atomic E-state index is 16.1. The highest BCUT2D eigenvalue weighted by molar-refractivity contribution is 5.76. The number of aromatic nitrogens is 1. The Morgan fingerprint density at radius 3 is 1.89 bits per heavy atom. The Bertz CT molecular complexity index is 1680. The quantitative estimate of drug-likeness (QED) is 0.148. The fraction of sp³-hybridized carbons (Fsp3) is 0.194. The topological polar surface area (TPSA) is 53.1 Å². The summed E-state index contributed by atoms with van der Waals surface area (Å²) in [5.41, 5.74) is 3.11. The van der Waals surface area contributed by atoms with Gasteiger partial charge in [-0.25, -0.2) is 8.78 Å². The summed E-state index contributed by atoms with van der Waals surface area (Å²) < 4.78 is 55.4. The molecule has 1 aliphatic rings. The van der Waals surface area contributed by atoms with Crippen molar-refractivity contribution in [2.75, 3.05) is 25.1 Å². The number of nitrogens with zero attached hydrogens (tertiary/aromatic N) is 2. The van der Waals surface area contributed by atoms with Crippen LogP contribution < -0.4 is 19.1 Å². The van der Waals surface area contributed by atoms with Crippen LogP contribution in [0, 0.1) is 11.6 Å². The average molecular weight is 595 g/mol. The lowest BCUT2D eigenvalue weighted by atomic mass is 10.0. The molecule has 0 atom stereocenters. The Morgan fingerprint density at radius 1 is 0.727 bits per heavy atom. The molecule has 0 bridgehead atoms. The molecule has 0 N–H and O–H groups in total. The number of methoxy groups -OCH3 is 1. The first kappa shape index (κ1) is 29.1. The van der Waals surface area contributed by atoms with Crippen molar-refractivity contribution in [3.8, 4) is 28.6 Å². The van der Waals surface area contributed by atoms with Gasteiger partial charge in [0, 0.05) is 25.2 Å². The number of ether oxygens (including phenoxy) is 4. The van der Waals surface area contributed by atoms with Crippen LogP contribution in [0.5, 0.6) is 17.5 Å². The first-order chi connectivity index (χ1) is 21.6. The van der Waals surface area contributed by atoms with Gasteiger partial charge in [0.25, 0.3) is 0 Å². The fourth-order valence-electron chi connectivity index (χ4n) is 5.05. The van der Waals surface area contributed by atoms with Crippen molar-refractivity contribution in [1.29, 1.82) is 0 Å². The van der Waals surface area contributed by atoms with Crippen LogP contribution in [0.15, 0.2) is 109 Å². The number of anilines is 1. The predicted molar refractivity (Wildman–Crippen MR) is 165 cm³/mol. The summed E-state index contributed by atoms with van der Waals surface area (Å²) in [4.78, 5) is 6.35. The van der Waals surface area contributed by atoms with Crippen molar-refractivity contribution in [3.05, 3.63) is 138 Å². The number of halogens is 2. The molecule has 4 aromatic carbocycles. The van der Waals surface area contributed by atoms with Crippen LogP contribution in [0.1, 0.15) is 16.7 Å². The van der Waals surface area contributed by atoms with Gasteiger partial charge in [0.05, 0.1) is 36.6 Å². The van der Waals surface area contributed by atoms with E-state index in [1.54, 1.807) is 12.1 Å². The molecule has 0 amide bonds. The smallest absolute Gasteiger partial charge is 0.225 e. The van der Waals surface area contributed by atoms with E-state index in [0.29, 0.717) is 25.4 Å². The van der Waals surface area contributed by atoms with Crippen molar-refractivity contribution in [2.24, 2.45) is 0 Å². The van der Waals surface area contributed by atoms with E-state index in [9.17, 15) is 0 Å². The summed E-state index contributed by atoms with van der Waals surface area (Å²) in [6.45, 7) is 1.88. The van der Waals surface area contributed by atoms with Crippen molar-refractivity contribution < 1.29 is 27.7 Å². The Morgan fingerprint density at radius 2 is 1.30 bits per heavy atom. The molecular formula is C36H32F2N2O4. The molecule has 1 aromatic heterocycles. The number of benzene rings is 4. The van der Waals surface area contributed by atoms with Crippen molar-refractivity contribution in [2.45, 2.75) is 25.9 Å². The fourth-order valence-corrected chi connectivity index (χ4v) is 5.05. The van der Waals surface area contributed by atoms with Gasteiger partial charge in [0.2, 0.25) is 11.8 Å². The Labute approximate surface area is 255 Å². The molecular weight excluding hydrogens is 562 g/mol. The van der Waals surface area contributed by atoms with Crippen LogP contribution in [0.2, 0.25) is 0 Å². The van der Waals surface area contributed by atoms with Crippen molar-refractivity contribution in [3.63, 3.8) is 0 Å². The van der Waals surface area contributed by atoms with Crippen LogP contribution >= 0.6 is 0 Å². The second kappa shape index (κ2) is 13.6. The maximum absolute atomic E-state index is 16.1. The Hall–Kier alpha value is -4.95. The Balaban J connectivity index is 1.25. The summed E-state index contributed by atoms with van der Waals surface area (Å²) >= 11 is 0. The third-order valence-electron chi connectivity index (χ3n) is 7.43. The van der Waals surface area contributed by atoms with Crippen LogP contribution in [-0.4, -0.2) is 31.3 Å². The summed E-state index contributed by atoms with van der Waals surface area (Å²) in [6, 6.07) is 33.4. The number of rotatable bonds is 12. The minimum atomic E-state index is -0.833. The highest BCUT2D eigenvalue weighted by Gasteiger charge is 2.33. The molecule has 1 aliphatic heterocycles. The van der Waals surface area contributed by atoms with Gasteiger partial charge < -0.3 is 23.8 Å². The third-order valence-corrected chi connectivity index (χ3v) is 7.43. The molecule has 8 heteroatoms. The number of hydrogen-bond donors (Lipinski definition) is 0. The predicted octanol–water partition coefficient (Wildman–Crippen LogP) is 7.60. The van der Waals surface area contributed by atoms with Gasteiger partial charge in [-0.2, -0.15) is 4.98 Å². The normalized spacial score (nSPS) is 12.9. The molecule has 44 heavy (non-hydrogen) atoms. The van der Waals surface area contributed by atoms with Crippen LogP contribution in [0.4, 0.5) is 14.5 Å². The lowest BCUT2D eigenvalue weighted by molar-refractivity contribution is 0.0222. The standard InChI is InChI=1S/C36H32F2N2O4/c1-41-35-31(40-20-28(21-40)42-22-25-11-5-2-6-12-25)19-30(37)33(34(35)38)29-17-18-32(43-23-26-13-7-3-8-14-26)39-36(29)44-24-27-15-9-4-10-16-27/h2-19,28H,20-24H2,1H3. The van der Waals surface area contributed by atoms with Gasteiger partial charge in [0.15, 0.2) is 11.6 Å². The van der Waals surface area contributed by atoms with Gasteiger partial charge in [0.1, 0.15) is 19.0 Å². The summed E-state index contributed by atoms with van der Waals surface area (Å²) in [7, 11) is 1.37. The maximum Gasteiger partial charge on any atom is 0.225 e. The zero-order chi connectivity index (χ0) is 30.3. The first-order valence-electron chi connectivity index (χ1n) is 14.4. The van der Waals surface area contributed by atoms with Gasteiger partial charge in [-0.3, -0.25) is 0 Å². The molecule has 5 aromatic rings. The lowest BCUT2D eigenvalue weighted by Crippen LogP contribution is -2.52. The lowest BCUT2D eigenvalue weighted by Gasteiger charge is -2.41. The van der Waals surface area contributed by atoms with E-state index in [0.717, 1.165) is 16.7 Å². The Kier molecular flexibility index (Phi) is 8.98. The minimum Gasteiger partial charge on any atom is -0.492 e. The van der Waals surface area contributed by atoms with E-state index in [2.05, 4.69) is 4.98 Å². The minimum absolute atomic E-state index is 0.0466. The molecule has 0 unspecified atom stereocenters. The van der Waals surface area contributed by atoms with Crippen LogP contribution in [0.25, 0.3) is 11.1 Å². The zero-order valence-electron chi connectivity index (χ0n) is 24.3. The SMILES string of the molecule is COc1c(N2CC(OCc3ccccc3)C2)cc(F)c(-c2ccc(OCc3ccccc3)nc2OCc2ccccc2)c1F. The summed E-state index contributed by atoms with van der Waals surface area (Å²) in [5, 5.41) is 0. The van der Waals surface area contributed by atoms with E-state index >= 15 is 8.78 Å². The number of hydrogen-bond acceptors (Lipinski definition) is 6. The average Bonchev–Trinajstić information content (AvgIpc) is 3.04.